The molecule has 6 nitrogen and oxygen atoms in total. The number of hydrogen-bond acceptors (Lipinski definition) is 6. The van der Waals surface area contributed by atoms with E-state index < -0.39 is 11.2 Å². The van der Waals surface area contributed by atoms with Crippen molar-refractivity contribution in [3.8, 4) is 0 Å². The van der Waals surface area contributed by atoms with Crippen LogP contribution in [0.4, 0.5) is 0 Å². The SMILES string of the molecule is CC(Sc1nnc(Cc2cccs2)n1N)C(=O)O. The van der Waals surface area contributed by atoms with Crippen LogP contribution < -0.4 is 5.84 Å². The third-order valence-corrected chi connectivity index (χ3v) is 4.20. The van der Waals surface area contributed by atoms with Crippen LogP contribution in [0.3, 0.4) is 0 Å². The number of thiophene rings is 1. The summed E-state index contributed by atoms with van der Waals surface area (Å²) in [5.74, 6) is 5.57. The van der Waals surface area contributed by atoms with Gasteiger partial charge in [0.1, 0.15) is 5.25 Å². The Bertz CT molecular complexity index is 538. The number of carbonyl (C=O) groups is 1. The molecule has 0 saturated heterocycles. The molecule has 1 unspecified atom stereocenters. The average Bonchev–Trinajstić information content (AvgIpc) is 2.94. The van der Waals surface area contributed by atoms with E-state index in [0.717, 1.165) is 16.6 Å². The van der Waals surface area contributed by atoms with E-state index in [2.05, 4.69) is 10.2 Å². The molecular weight excluding hydrogens is 272 g/mol. The Kier molecular flexibility index (Phi) is 3.87. The largest absolute Gasteiger partial charge is 0.480 e. The molecule has 0 amide bonds. The number of carboxylic acid groups (broad SMARTS) is 1. The summed E-state index contributed by atoms with van der Waals surface area (Å²) in [6.07, 6.45) is 0.600. The number of nitrogens with two attached hydrogens (primary N) is 1. The van der Waals surface area contributed by atoms with Gasteiger partial charge in [-0.25, -0.2) is 4.68 Å². The summed E-state index contributed by atoms with van der Waals surface area (Å²) >= 11 is 2.70. The zero-order valence-electron chi connectivity index (χ0n) is 9.61. The van der Waals surface area contributed by atoms with Gasteiger partial charge in [0.2, 0.25) is 5.16 Å². The lowest BCUT2D eigenvalue weighted by Gasteiger charge is -2.05. The molecular formula is C10H12N4O2S2. The molecule has 3 N–H and O–H groups in total. The summed E-state index contributed by atoms with van der Waals surface area (Å²) in [6, 6.07) is 3.95. The van der Waals surface area contributed by atoms with Gasteiger partial charge in [-0.2, -0.15) is 0 Å². The van der Waals surface area contributed by atoms with E-state index in [1.54, 1.807) is 18.3 Å². The van der Waals surface area contributed by atoms with Gasteiger partial charge < -0.3 is 10.9 Å². The molecule has 0 radical (unpaired) electrons. The lowest BCUT2D eigenvalue weighted by atomic mass is 10.3. The topological polar surface area (TPSA) is 94.0 Å². The molecule has 2 aromatic rings. The Hall–Kier alpha value is -1.54. The highest BCUT2D eigenvalue weighted by Crippen LogP contribution is 2.22. The maximum absolute atomic E-state index is 10.8. The molecule has 0 spiro atoms. The van der Waals surface area contributed by atoms with Gasteiger partial charge in [0.25, 0.3) is 0 Å². The molecule has 2 heterocycles. The first kappa shape index (κ1) is 12.9. The molecule has 2 rings (SSSR count). The monoisotopic (exact) mass is 284 g/mol. The number of aliphatic carboxylic acids is 1. The molecule has 8 heteroatoms. The van der Waals surface area contributed by atoms with Crippen LogP contribution in [0.25, 0.3) is 0 Å². The summed E-state index contributed by atoms with van der Waals surface area (Å²) in [5.41, 5.74) is 0. The normalized spacial score (nSPS) is 12.5. The standard InChI is InChI=1S/C10H12N4O2S2/c1-6(9(15)16)18-10-13-12-8(14(10)11)5-7-3-2-4-17-7/h2-4,6H,5,11H2,1H3,(H,15,16). The van der Waals surface area contributed by atoms with Crippen LogP contribution in [0.15, 0.2) is 22.7 Å². The summed E-state index contributed by atoms with van der Waals surface area (Å²) in [4.78, 5) is 11.9. The van der Waals surface area contributed by atoms with Crippen molar-refractivity contribution in [3.63, 3.8) is 0 Å². The molecule has 96 valence electrons. The van der Waals surface area contributed by atoms with Gasteiger partial charge in [-0.1, -0.05) is 17.8 Å². The van der Waals surface area contributed by atoms with Crippen molar-refractivity contribution in [3.05, 3.63) is 28.2 Å². The molecule has 0 saturated carbocycles. The third kappa shape index (κ3) is 2.82. The molecule has 0 bridgehead atoms. The molecule has 1 atom stereocenters. The van der Waals surface area contributed by atoms with Crippen LogP contribution in [-0.2, 0) is 11.2 Å². The minimum absolute atomic E-state index is 0.413. The van der Waals surface area contributed by atoms with E-state index in [0.29, 0.717) is 17.4 Å². The Morgan fingerprint density at radius 2 is 2.44 bits per heavy atom. The Labute approximate surface area is 112 Å². The zero-order chi connectivity index (χ0) is 13.1. The highest BCUT2D eigenvalue weighted by atomic mass is 32.2. The van der Waals surface area contributed by atoms with Crippen LogP contribution in [0.1, 0.15) is 17.6 Å². The summed E-state index contributed by atoms with van der Waals surface area (Å²) in [5, 5.41) is 18.5. The first-order valence-corrected chi connectivity index (χ1v) is 6.95. The average molecular weight is 284 g/mol. The molecule has 2 aromatic heterocycles. The maximum atomic E-state index is 10.8. The zero-order valence-corrected chi connectivity index (χ0v) is 11.2. The van der Waals surface area contributed by atoms with Crippen molar-refractivity contribution < 1.29 is 9.90 Å². The van der Waals surface area contributed by atoms with Crippen LogP contribution >= 0.6 is 23.1 Å². The fourth-order valence-corrected chi connectivity index (χ4v) is 2.71. The van der Waals surface area contributed by atoms with Crippen LogP contribution in [0, 0.1) is 0 Å². The maximum Gasteiger partial charge on any atom is 0.316 e. The van der Waals surface area contributed by atoms with Gasteiger partial charge in [-0.3, -0.25) is 4.79 Å². The Morgan fingerprint density at radius 3 is 3.06 bits per heavy atom. The van der Waals surface area contributed by atoms with E-state index >= 15 is 0 Å². The van der Waals surface area contributed by atoms with Crippen LogP contribution in [0.5, 0.6) is 0 Å². The fourth-order valence-electron chi connectivity index (χ4n) is 1.29. The van der Waals surface area contributed by atoms with Gasteiger partial charge in [0.05, 0.1) is 0 Å². The van der Waals surface area contributed by atoms with Crippen molar-refractivity contribution in [1.29, 1.82) is 0 Å². The van der Waals surface area contributed by atoms with E-state index in [-0.39, 0.29) is 0 Å². The van der Waals surface area contributed by atoms with E-state index in [1.807, 2.05) is 17.5 Å². The molecule has 0 aliphatic heterocycles. The summed E-state index contributed by atoms with van der Waals surface area (Å²) in [7, 11) is 0. The van der Waals surface area contributed by atoms with Crippen molar-refractivity contribution in [1.82, 2.24) is 14.9 Å². The first-order chi connectivity index (χ1) is 8.58. The van der Waals surface area contributed by atoms with E-state index in [1.165, 1.54) is 4.68 Å². The number of nitrogens with zero attached hydrogens (tertiary/aromatic N) is 3. The van der Waals surface area contributed by atoms with Gasteiger partial charge in [0, 0.05) is 11.3 Å². The molecule has 18 heavy (non-hydrogen) atoms. The number of carboxylic acids is 1. The lowest BCUT2D eigenvalue weighted by molar-refractivity contribution is -0.136. The first-order valence-electron chi connectivity index (χ1n) is 5.19. The molecule has 0 aromatic carbocycles. The van der Waals surface area contributed by atoms with Gasteiger partial charge in [0.15, 0.2) is 5.82 Å². The van der Waals surface area contributed by atoms with Gasteiger partial charge >= 0.3 is 5.97 Å². The minimum atomic E-state index is -0.900. The molecule has 0 aliphatic rings. The number of aromatic nitrogens is 3. The summed E-state index contributed by atoms with van der Waals surface area (Å²) in [6.45, 7) is 1.58. The predicted octanol–water partition coefficient (Wildman–Crippen LogP) is 1.21. The lowest BCUT2D eigenvalue weighted by Crippen LogP contribution is -2.17. The Morgan fingerprint density at radius 1 is 1.67 bits per heavy atom. The van der Waals surface area contributed by atoms with Crippen molar-refractivity contribution in [2.75, 3.05) is 5.84 Å². The second kappa shape index (κ2) is 5.40. The van der Waals surface area contributed by atoms with Crippen molar-refractivity contribution in [2.45, 2.75) is 23.8 Å². The fraction of sp³-hybridized carbons (Fsp3) is 0.300. The number of nitrogen functional groups attached to an aromatic ring is 1. The number of rotatable bonds is 5. The number of thioether (sulfide) groups is 1. The predicted molar refractivity (Wildman–Crippen MR) is 70.3 cm³/mol. The summed E-state index contributed by atoms with van der Waals surface area (Å²) < 4.78 is 1.35. The van der Waals surface area contributed by atoms with Crippen LogP contribution in [0.2, 0.25) is 0 Å². The quantitative estimate of drug-likeness (QED) is 0.633. The van der Waals surface area contributed by atoms with Crippen LogP contribution in [-0.4, -0.2) is 31.2 Å². The highest BCUT2D eigenvalue weighted by Gasteiger charge is 2.18. The second-order valence-electron chi connectivity index (χ2n) is 3.62. The molecule has 0 fully saturated rings. The second-order valence-corrected chi connectivity index (χ2v) is 5.96. The van der Waals surface area contributed by atoms with Gasteiger partial charge in [-0.05, 0) is 18.4 Å². The minimum Gasteiger partial charge on any atom is -0.480 e. The number of hydrogen-bond donors (Lipinski definition) is 2. The molecule has 0 aliphatic carbocycles. The van der Waals surface area contributed by atoms with Crippen molar-refractivity contribution >= 4 is 29.1 Å². The third-order valence-electron chi connectivity index (χ3n) is 2.28. The highest BCUT2D eigenvalue weighted by molar-refractivity contribution is 8.00. The van der Waals surface area contributed by atoms with Crippen molar-refractivity contribution in [2.24, 2.45) is 0 Å². The Balaban J connectivity index is 2.11. The smallest absolute Gasteiger partial charge is 0.316 e. The van der Waals surface area contributed by atoms with E-state index in [9.17, 15) is 4.79 Å². The van der Waals surface area contributed by atoms with Gasteiger partial charge in [-0.15, -0.1) is 21.5 Å². The van der Waals surface area contributed by atoms with E-state index in [4.69, 9.17) is 10.9 Å².